The van der Waals surface area contributed by atoms with Crippen LogP contribution >= 0.6 is 0 Å². The summed E-state index contributed by atoms with van der Waals surface area (Å²) in [5.41, 5.74) is 4.03. The van der Waals surface area contributed by atoms with Crippen molar-refractivity contribution in [2.75, 3.05) is 17.7 Å². The van der Waals surface area contributed by atoms with Crippen molar-refractivity contribution < 1.29 is 9.53 Å². The maximum absolute atomic E-state index is 12.1. The molecule has 3 N–H and O–H groups in total. The lowest BCUT2D eigenvalue weighted by molar-refractivity contribution is 0.0988. The largest absolute Gasteiger partial charge is 0.495 e. The van der Waals surface area contributed by atoms with Gasteiger partial charge in [-0.25, -0.2) is 4.98 Å². The maximum Gasteiger partial charge on any atom is 0.229 e. The van der Waals surface area contributed by atoms with E-state index in [1.807, 2.05) is 32.0 Å². The molecule has 0 aliphatic rings. The molecule has 0 unspecified atom stereocenters. The lowest BCUT2D eigenvalue weighted by Crippen LogP contribution is -2.03. The van der Waals surface area contributed by atoms with Gasteiger partial charge in [-0.3, -0.25) is 9.89 Å². The van der Waals surface area contributed by atoms with Crippen molar-refractivity contribution >= 4 is 39.8 Å². The van der Waals surface area contributed by atoms with Gasteiger partial charge in [0.1, 0.15) is 11.6 Å². The fourth-order valence-electron chi connectivity index (χ4n) is 3.17. The Balaban J connectivity index is 1.58. The zero-order valence-corrected chi connectivity index (χ0v) is 17.0. The molecule has 0 spiro atoms. The second-order valence-electron chi connectivity index (χ2n) is 6.78. The Labute approximate surface area is 173 Å². The Morgan fingerprint density at radius 2 is 2.00 bits per heavy atom. The number of ketones is 1. The molecule has 4 aromatic rings. The van der Waals surface area contributed by atoms with Crippen LogP contribution in [0.2, 0.25) is 0 Å². The van der Waals surface area contributed by atoms with Gasteiger partial charge in [0.25, 0.3) is 0 Å². The van der Waals surface area contributed by atoms with Crippen LogP contribution in [0.3, 0.4) is 0 Å². The van der Waals surface area contributed by atoms with Crippen molar-refractivity contribution in [2.45, 2.75) is 20.3 Å². The van der Waals surface area contributed by atoms with Crippen molar-refractivity contribution in [3.05, 3.63) is 59.9 Å². The van der Waals surface area contributed by atoms with Crippen LogP contribution in [0.15, 0.2) is 48.7 Å². The predicted octanol–water partition coefficient (Wildman–Crippen LogP) is 4.75. The molecular formula is C22H22N6O2. The van der Waals surface area contributed by atoms with Gasteiger partial charge in [0.2, 0.25) is 5.95 Å². The van der Waals surface area contributed by atoms with E-state index < -0.39 is 0 Å². The topological polar surface area (TPSA) is 105 Å². The number of aryl methyl sites for hydroxylation is 1. The van der Waals surface area contributed by atoms with E-state index in [1.165, 1.54) is 0 Å². The standard InChI is InChI=1S/C22H22N6O2/c1-4-19(29)14-5-8-20(30-3)18(11-14)25-22-23-10-9-21(26-22)24-15-6-7-16-13(2)27-28-17(16)12-15/h5-12H,4H2,1-3H3,(H,27,28)(H2,23,24,25,26). The minimum absolute atomic E-state index is 0.0569. The fourth-order valence-corrected chi connectivity index (χ4v) is 3.17. The number of ether oxygens (including phenoxy) is 1. The van der Waals surface area contributed by atoms with E-state index in [9.17, 15) is 4.79 Å². The van der Waals surface area contributed by atoms with Gasteiger partial charge in [0.05, 0.1) is 24.0 Å². The molecule has 0 aliphatic heterocycles. The molecule has 0 bridgehead atoms. The number of nitrogens with one attached hydrogen (secondary N) is 3. The summed E-state index contributed by atoms with van der Waals surface area (Å²) in [4.78, 5) is 20.9. The van der Waals surface area contributed by atoms with E-state index in [4.69, 9.17) is 4.74 Å². The van der Waals surface area contributed by atoms with E-state index >= 15 is 0 Å². The average molecular weight is 402 g/mol. The fraction of sp³-hybridized carbons (Fsp3) is 0.182. The molecule has 2 heterocycles. The zero-order valence-electron chi connectivity index (χ0n) is 17.0. The summed E-state index contributed by atoms with van der Waals surface area (Å²) in [6.45, 7) is 3.80. The number of Topliss-reactive ketones (excluding diaryl/α,β-unsaturated/α-hetero) is 1. The highest BCUT2D eigenvalue weighted by atomic mass is 16.5. The summed E-state index contributed by atoms with van der Waals surface area (Å²) < 4.78 is 5.40. The highest BCUT2D eigenvalue weighted by molar-refractivity contribution is 5.97. The molecule has 0 aliphatic carbocycles. The molecule has 2 aromatic carbocycles. The summed E-state index contributed by atoms with van der Waals surface area (Å²) in [6.07, 6.45) is 2.09. The normalized spacial score (nSPS) is 10.8. The quantitative estimate of drug-likeness (QED) is 0.383. The molecule has 4 rings (SSSR count). The van der Waals surface area contributed by atoms with Crippen LogP contribution in [0.5, 0.6) is 5.75 Å². The average Bonchev–Trinajstić information content (AvgIpc) is 3.13. The number of benzene rings is 2. The SMILES string of the molecule is CCC(=O)c1ccc(OC)c(Nc2nccc(Nc3ccc4c(C)n[nH]c4c3)n2)c1. The van der Waals surface area contributed by atoms with Crippen LogP contribution in [0, 0.1) is 6.92 Å². The number of carbonyl (C=O) groups is 1. The van der Waals surface area contributed by atoms with Crippen molar-refractivity contribution in [3.63, 3.8) is 0 Å². The summed E-state index contributed by atoms with van der Waals surface area (Å²) in [5, 5.41) is 14.7. The minimum Gasteiger partial charge on any atom is -0.495 e. The molecule has 0 radical (unpaired) electrons. The number of methoxy groups -OCH3 is 1. The third-order valence-electron chi connectivity index (χ3n) is 4.77. The van der Waals surface area contributed by atoms with Crippen LogP contribution in [-0.4, -0.2) is 33.1 Å². The van der Waals surface area contributed by atoms with Crippen LogP contribution in [0.4, 0.5) is 23.1 Å². The lowest BCUT2D eigenvalue weighted by atomic mass is 10.1. The molecule has 8 heteroatoms. The van der Waals surface area contributed by atoms with E-state index in [0.29, 0.717) is 35.2 Å². The molecule has 2 aromatic heterocycles. The number of carbonyl (C=O) groups excluding carboxylic acids is 1. The van der Waals surface area contributed by atoms with Gasteiger partial charge in [-0.1, -0.05) is 6.92 Å². The van der Waals surface area contributed by atoms with Gasteiger partial charge in [-0.05, 0) is 49.4 Å². The first-order chi connectivity index (χ1) is 14.6. The molecule has 0 saturated carbocycles. The first kappa shape index (κ1) is 19.4. The van der Waals surface area contributed by atoms with Crippen molar-refractivity contribution in [1.29, 1.82) is 0 Å². The summed E-state index contributed by atoms with van der Waals surface area (Å²) in [5.74, 6) is 1.67. The third-order valence-corrected chi connectivity index (χ3v) is 4.77. The minimum atomic E-state index is 0.0569. The predicted molar refractivity (Wildman–Crippen MR) is 117 cm³/mol. The van der Waals surface area contributed by atoms with E-state index in [-0.39, 0.29) is 5.78 Å². The second-order valence-corrected chi connectivity index (χ2v) is 6.78. The Hall–Kier alpha value is -3.94. The second kappa shape index (κ2) is 8.20. The highest BCUT2D eigenvalue weighted by Crippen LogP contribution is 2.29. The number of fused-ring (bicyclic) bond motifs is 1. The molecule has 8 nitrogen and oxygen atoms in total. The van der Waals surface area contributed by atoms with E-state index in [0.717, 1.165) is 22.3 Å². The molecule has 0 amide bonds. The van der Waals surface area contributed by atoms with Crippen LogP contribution in [-0.2, 0) is 0 Å². The number of aromatic amines is 1. The van der Waals surface area contributed by atoms with Gasteiger partial charge in [0, 0.05) is 29.3 Å². The van der Waals surface area contributed by atoms with Crippen LogP contribution in [0.25, 0.3) is 10.9 Å². The lowest BCUT2D eigenvalue weighted by Gasteiger charge is -2.12. The van der Waals surface area contributed by atoms with E-state index in [2.05, 4.69) is 30.8 Å². The Morgan fingerprint density at radius 1 is 1.13 bits per heavy atom. The number of nitrogens with zero attached hydrogens (tertiary/aromatic N) is 3. The smallest absolute Gasteiger partial charge is 0.229 e. The highest BCUT2D eigenvalue weighted by Gasteiger charge is 2.11. The van der Waals surface area contributed by atoms with Crippen molar-refractivity contribution in [2.24, 2.45) is 0 Å². The first-order valence-corrected chi connectivity index (χ1v) is 9.60. The Bertz CT molecular complexity index is 1220. The van der Waals surface area contributed by atoms with Gasteiger partial charge < -0.3 is 15.4 Å². The monoisotopic (exact) mass is 402 g/mol. The molecule has 0 fully saturated rings. The summed E-state index contributed by atoms with van der Waals surface area (Å²) in [7, 11) is 1.58. The maximum atomic E-state index is 12.1. The molecular weight excluding hydrogens is 380 g/mol. The summed E-state index contributed by atoms with van der Waals surface area (Å²) in [6, 6.07) is 13.0. The Kier molecular flexibility index (Phi) is 5.30. The molecule has 152 valence electrons. The zero-order chi connectivity index (χ0) is 21.1. The molecule has 0 atom stereocenters. The summed E-state index contributed by atoms with van der Waals surface area (Å²) >= 11 is 0. The van der Waals surface area contributed by atoms with Crippen molar-refractivity contribution in [3.8, 4) is 5.75 Å². The third kappa shape index (κ3) is 3.93. The van der Waals surface area contributed by atoms with Crippen LogP contribution in [0.1, 0.15) is 29.4 Å². The van der Waals surface area contributed by atoms with Gasteiger partial charge in [0.15, 0.2) is 5.78 Å². The molecule has 30 heavy (non-hydrogen) atoms. The number of rotatable bonds is 7. The van der Waals surface area contributed by atoms with Gasteiger partial charge >= 0.3 is 0 Å². The number of H-pyrrole nitrogens is 1. The van der Waals surface area contributed by atoms with E-state index in [1.54, 1.807) is 37.6 Å². The van der Waals surface area contributed by atoms with Crippen molar-refractivity contribution in [1.82, 2.24) is 20.2 Å². The number of aromatic nitrogens is 4. The molecule has 0 saturated heterocycles. The number of hydrogen-bond acceptors (Lipinski definition) is 7. The Morgan fingerprint density at radius 3 is 2.80 bits per heavy atom. The van der Waals surface area contributed by atoms with Gasteiger partial charge in [-0.2, -0.15) is 10.1 Å². The number of anilines is 4. The number of hydrogen-bond donors (Lipinski definition) is 3. The van der Waals surface area contributed by atoms with Crippen LogP contribution < -0.4 is 15.4 Å². The van der Waals surface area contributed by atoms with Gasteiger partial charge in [-0.15, -0.1) is 0 Å². The first-order valence-electron chi connectivity index (χ1n) is 9.60.